The average Bonchev–Trinajstić information content (AvgIpc) is 4.19. The second-order valence-corrected chi connectivity index (χ2v) is 19.8. The van der Waals surface area contributed by atoms with Gasteiger partial charge in [-0.1, -0.05) is 133 Å². The third kappa shape index (κ3) is 5.80. The molecule has 0 aliphatic carbocycles. The molecule has 5 aromatic heterocycles. The van der Waals surface area contributed by atoms with E-state index in [2.05, 4.69) is 228 Å². The monoisotopic (exact) mass is 935 g/mol. The summed E-state index contributed by atoms with van der Waals surface area (Å²) in [5.41, 5.74) is 10.8. The van der Waals surface area contributed by atoms with Gasteiger partial charge < -0.3 is 13.6 Å². The van der Waals surface area contributed by atoms with Crippen molar-refractivity contribution in [3.63, 3.8) is 0 Å². The molecule has 0 amide bonds. The van der Waals surface area contributed by atoms with Crippen molar-refractivity contribution in [1.82, 2.24) is 24.1 Å². The van der Waals surface area contributed by atoms with Crippen molar-refractivity contribution >= 4 is 119 Å². The molecule has 0 atom stereocenters. The molecule has 11 aromatic carbocycles. The van der Waals surface area contributed by atoms with Gasteiger partial charge in [-0.05, 0) is 113 Å². The first-order valence-electron chi connectivity index (χ1n) is 24.2. The predicted molar refractivity (Wildman–Crippen MR) is 300 cm³/mol. The normalized spacial score (nSPS) is 12.2. The van der Waals surface area contributed by atoms with Crippen LogP contribution in [0.5, 0.6) is 0 Å². The van der Waals surface area contributed by atoms with Crippen molar-refractivity contribution in [2.45, 2.75) is 0 Å². The molecule has 0 spiro atoms. The van der Waals surface area contributed by atoms with Crippen LogP contribution in [0, 0.1) is 0 Å². The summed E-state index contributed by atoms with van der Waals surface area (Å²) in [4.78, 5) is 16.2. The van der Waals surface area contributed by atoms with Crippen LogP contribution >= 0.6 is 11.3 Å². The Balaban J connectivity index is 0.964. The Morgan fingerprint density at radius 1 is 0.347 bits per heavy atom. The summed E-state index contributed by atoms with van der Waals surface area (Å²) >= 11 is 1.79. The minimum absolute atomic E-state index is 0.535. The second kappa shape index (κ2) is 15.0. The number of rotatable bonds is 5. The van der Waals surface area contributed by atoms with Crippen LogP contribution in [0.3, 0.4) is 0 Å². The molecule has 0 unspecified atom stereocenters. The molecule has 0 radical (unpaired) electrons. The fraction of sp³-hybridized carbons (Fsp3) is 0. The first-order valence-corrected chi connectivity index (χ1v) is 25.1. The standard InChI is InChI=1S/C65H37N5OS/c1-2-18-44(19-3-1)69-53-23-11-8-20-45(53)50-34-42(27-30-54(50)69)63-66-64(43-26-28-47-46-21-10-13-25-59(46)72-60(47)37-43)68-65(67-63)49-29-31-55(61-48-22-9-12-24-58(48)71-62(49)61)70-56-35-40-16-6-4-14-38(40)32-51(56)52-33-39-15-5-7-17-41(39)36-57(52)70/h1-37H. The maximum absolute atomic E-state index is 7.06. The molecule has 6 nitrogen and oxygen atoms in total. The van der Waals surface area contributed by atoms with Crippen molar-refractivity contribution in [3.05, 3.63) is 224 Å². The quantitative estimate of drug-likeness (QED) is 0.172. The van der Waals surface area contributed by atoms with E-state index in [1.54, 1.807) is 11.3 Å². The van der Waals surface area contributed by atoms with Crippen molar-refractivity contribution in [1.29, 1.82) is 0 Å². The Morgan fingerprint density at radius 3 is 1.65 bits per heavy atom. The van der Waals surface area contributed by atoms with E-state index in [9.17, 15) is 0 Å². The van der Waals surface area contributed by atoms with Crippen LogP contribution < -0.4 is 0 Å². The second-order valence-electron chi connectivity index (χ2n) is 18.7. The molecule has 0 saturated carbocycles. The molecular weight excluding hydrogens is 899 g/mol. The number of fused-ring (bicyclic) bond motifs is 14. The summed E-state index contributed by atoms with van der Waals surface area (Å²) in [5, 5.41) is 14.0. The Labute approximate surface area is 414 Å². The van der Waals surface area contributed by atoms with Gasteiger partial charge in [0, 0.05) is 63.9 Å². The van der Waals surface area contributed by atoms with Crippen LogP contribution in [0.1, 0.15) is 0 Å². The number of hydrogen-bond donors (Lipinski definition) is 0. The van der Waals surface area contributed by atoms with Crippen LogP contribution in [-0.4, -0.2) is 24.1 Å². The summed E-state index contributed by atoms with van der Waals surface area (Å²) in [6.07, 6.45) is 0. The number of para-hydroxylation sites is 3. The van der Waals surface area contributed by atoms with Crippen LogP contribution in [0.4, 0.5) is 0 Å². The highest BCUT2D eigenvalue weighted by Crippen LogP contribution is 2.45. The van der Waals surface area contributed by atoms with Gasteiger partial charge in [-0.2, -0.15) is 0 Å². The van der Waals surface area contributed by atoms with Crippen molar-refractivity contribution in [2.75, 3.05) is 0 Å². The first kappa shape index (κ1) is 39.4. The maximum atomic E-state index is 7.06. The molecule has 72 heavy (non-hydrogen) atoms. The molecule has 0 N–H and O–H groups in total. The minimum atomic E-state index is 0.535. The molecular formula is C65H37N5OS. The summed E-state index contributed by atoms with van der Waals surface area (Å²) in [5.74, 6) is 1.71. The molecule has 16 aromatic rings. The predicted octanol–water partition coefficient (Wildman–Crippen LogP) is 17.6. The molecule has 16 rings (SSSR count). The van der Waals surface area contributed by atoms with Gasteiger partial charge in [0.1, 0.15) is 11.2 Å². The SMILES string of the molecule is c1ccc(-n2c3ccccc3c3cc(-c4nc(-c5ccc6c(c5)sc5ccccc56)nc(-c5ccc(-n6c7cc8ccccc8cc7c7cc8ccccc8cc76)c6c5oc5ccccc56)n4)ccc32)cc1. The first-order chi connectivity index (χ1) is 35.7. The Hall–Kier alpha value is -9.43. The summed E-state index contributed by atoms with van der Waals surface area (Å²) in [6.45, 7) is 0. The van der Waals surface area contributed by atoms with Crippen LogP contribution in [-0.2, 0) is 0 Å². The van der Waals surface area contributed by atoms with Gasteiger partial charge in [-0.3, -0.25) is 0 Å². The number of thiophene rings is 1. The topological polar surface area (TPSA) is 61.7 Å². The van der Waals surface area contributed by atoms with Gasteiger partial charge in [-0.15, -0.1) is 11.3 Å². The fourth-order valence-electron chi connectivity index (χ4n) is 11.4. The molecule has 0 aliphatic rings. The molecule has 334 valence electrons. The summed E-state index contributed by atoms with van der Waals surface area (Å²) in [7, 11) is 0. The van der Waals surface area contributed by atoms with Gasteiger partial charge in [0.15, 0.2) is 17.5 Å². The minimum Gasteiger partial charge on any atom is -0.455 e. The maximum Gasteiger partial charge on any atom is 0.167 e. The lowest BCUT2D eigenvalue weighted by Crippen LogP contribution is -2.01. The molecule has 5 heterocycles. The smallest absolute Gasteiger partial charge is 0.167 e. The molecule has 0 bridgehead atoms. The van der Waals surface area contributed by atoms with Gasteiger partial charge in [0.2, 0.25) is 0 Å². The molecule has 7 heteroatoms. The van der Waals surface area contributed by atoms with E-state index < -0.39 is 0 Å². The molecule has 0 aliphatic heterocycles. The summed E-state index contributed by atoms with van der Waals surface area (Å²) in [6, 6.07) is 80.3. The zero-order valence-electron chi connectivity index (χ0n) is 38.4. The Kier molecular flexibility index (Phi) is 8.23. The third-order valence-corrected chi connectivity index (χ3v) is 15.8. The van der Waals surface area contributed by atoms with E-state index in [-0.39, 0.29) is 0 Å². The highest BCUT2D eigenvalue weighted by Gasteiger charge is 2.24. The van der Waals surface area contributed by atoms with Gasteiger partial charge in [0.05, 0.1) is 38.7 Å². The van der Waals surface area contributed by atoms with E-state index in [0.29, 0.717) is 17.5 Å². The van der Waals surface area contributed by atoms with Crippen LogP contribution in [0.15, 0.2) is 229 Å². The number of furan rings is 1. The van der Waals surface area contributed by atoms with Gasteiger partial charge in [0.25, 0.3) is 0 Å². The largest absolute Gasteiger partial charge is 0.455 e. The highest BCUT2D eigenvalue weighted by atomic mass is 32.1. The average molecular weight is 936 g/mol. The fourth-order valence-corrected chi connectivity index (χ4v) is 12.6. The van der Waals surface area contributed by atoms with Crippen molar-refractivity contribution in [3.8, 4) is 45.5 Å². The van der Waals surface area contributed by atoms with E-state index in [4.69, 9.17) is 19.4 Å². The van der Waals surface area contributed by atoms with Gasteiger partial charge >= 0.3 is 0 Å². The Morgan fingerprint density at radius 2 is 0.903 bits per heavy atom. The summed E-state index contributed by atoms with van der Waals surface area (Å²) < 4.78 is 14.3. The molecule has 0 fully saturated rings. The van der Waals surface area contributed by atoms with Gasteiger partial charge in [-0.25, -0.2) is 15.0 Å². The third-order valence-electron chi connectivity index (χ3n) is 14.7. The van der Waals surface area contributed by atoms with E-state index in [1.807, 2.05) is 6.07 Å². The van der Waals surface area contributed by atoms with E-state index in [1.165, 1.54) is 52.5 Å². The molecule has 0 saturated heterocycles. The van der Waals surface area contributed by atoms with E-state index >= 15 is 0 Å². The van der Waals surface area contributed by atoms with Crippen LogP contribution in [0.2, 0.25) is 0 Å². The number of hydrogen-bond acceptors (Lipinski definition) is 5. The van der Waals surface area contributed by atoms with Crippen LogP contribution in [0.25, 0.3) is 153 Å². The lowest BCUT2D eigenvalue weighted by atomic mass is 10.0. The zero-order valence-corrected chi connectivity index (χ0v) is 39.2. The van der Waals surface area contributed by atoms with Crippen molar-refractivity contribution < 1.29 is 4.42 Å². The van der Waals surface area contributed by atoms with E-state index in [0.717, 1.165) is 82.8 Å². The number of nitrogens with zero attached hydrogens (tertiary/aromatic N) is 5. The van der Waals surface area contributed by atoms with Crippen molar-refractivity contribution in [2.24, 2.45) is 0 Å². The lowest BCUT2D eigenvalue weighted by molar-refractivity contribution is 0.669. The Bertz CT molecular complexity index is 4850. The number of benzene rings is 11. The highest BCUT2D eigenvalue weighted by molar-refractivity contribution is 7.25. The zero-order chi connectivity index (χ0) is 47.0. The number of aromatic nitrogens is 5. The lowest BCUT2D eigenvalue weighted by Gasteiger charge is -2.13.